The van der Waals surface area contributed by atoms with E-state index in [-0.39, 0.29) is 0 Å². The van der Waals surface area contributed by atoms with Crippen molar-refractivity contribution in [1.82, 2.24) is 5.32 Å². The molecule has 0 aromatic heterocycles. The minimum Gasteiger partial charge on any atom is -0.385 e. The summed E-state index contributed by atoms with van der Waals surface area (Å²) >= 11 is 0. The Hall–Kier alpha value is -0.0800. The molecule has 0 aliphatic heterocycles. The second-order valence-electron chi connectivity index (χ2n) is 4.55. The summed E-state index contributed by atoms with van der Waals surface area (Å²) in [4.78, 5) is 0. The Kier molecular flexibility index (Phi) is 5.49. The molecule has 0 radical (unpaired) electrons. The highest BCUT2D eigenvalue weighted by atomic mass is 16.5. The lowest BCUT2D eigenvalue weighted by Crippen LogP contribution is -2.39. The zero-order valence-electron chi connectivity index (χ0n) is 9.88. The van der Waals surface area contributed by atoms with Crippen molar-refractivity contribution in [2.45, 2.75) is 58.0 Å². The number of methoxy groups -OCH3 is 1. The fourth-order valence-corrected chi connectivity index (χ4v) is 2.49. The molecule has 84 valence electrons. The van der Waals surface area contributed by atoms with Gasteiger partial charge in [-0.15, -0.1) is 0 Å². The Labute approximate surface area is 88.4 Å². The normalized spacial score (nSPS) is 29.4. The molecule has 1 aliphatic rings. The van der Waals surface area contributed by atoms with E-state index in [0.717, 1.165) is 25.0 Å². The molecule has 0 amide bonds. The van der Waals surface area contributed by atoms with Crippen LogP contribution in [0.25, 0.3) is 0 Å². The van der Waals surface area contributed by atoms with Crippen LogP contribution in [0.2, 0.25) is 0 Å². The van der Waals surface area contributed by atoms with Crippen molar-refractivity contribution < 1.29 is 4.74 Å². The SMILES string of the molecule is CCC1CCCC1NC(C)CCOC. The molecule has 2 nitrogen and oxygen atoms in total. The molecule has 3 unspecified atom stereocenters. The van der Waals surface area contributed by atoms with Crippen molar-refractivity contribution in [3.63, 3.8) is 0 Å². The van der Waals surface area contributed by atoms with Crippen molar-refractivity contribution in [3.05, 3.63) is 0 Å². The third-order valence-electron chi connectivity index (χ3n) is 3.44. The first-order chi connectivity index (χ1) is 6.77. The number of hydrogen-bond acceptors (Lipinski definition) is 2. The highest BCUT2D eigenvalue weighted by molar-refractivity contribution is 4.83. The smallest absolute Gasteiger partial charge is 0.0476 e. The van der Waals surface area contributed by atoms with Gasteiger partial charge in [-0.2, -0.15) is 0 Å². The molecule has 3 atom stereocenters. The van der Waals surface area contributed by atoms with E-state index < -0.39 is 0 Å². The van der Waals surface area contributed by atoms with E-state index in [9.17, 15) is 0 Å². The van der Waals surface area contributed by atoms with Gasteiger partial charge >= 0.3 is 0 Å². The molecule has 0 saturated heterocycles. The van der Waals surface area contributed by atoms with Crippen LogP contribution in [0.15, 0.2) is 0 Å². The molecule has 1 saturated carbocycles. The molecule has 1 rings (SSSR count). The molecular formula is C12H25NO. The van der Waals surface area contributed by atoms with E-state index >= 15 is 0 Å². The summed E-state index contributed by atoms with van der Waals surface area (Å²) < 4.78 is 5.09. The molecule has 1 aliphatic carbocycles. The Morgan fingerprint density at radius 1 is 1.43 bits per heavy atom. The van der Waals surface area contributed by atoms with Gasteiger partial charge in [0.25, 0.3) is 0 Å². The van der Waals surface area contributed by atoms with Gasteiger partial charge in [0.05, 0.1) is 0 Å². The van der Waals surface area contributed by atoms with Gasteiger partial charge in [0.1, 0.15) is 0 Å². The van der Waals surface area contributed by atoms with Crippen LogP contribution in [0.3, 0.4) is 0 Å². The Bertz CT molecular complexity index is 149. The van der Waals surface area contributed by atoms with E-state index in [0.29, 0.717) is 6.04 Å². The van der Waals surface area contributed by atoms with Crippen molar-refractivity contribution in [2.24, 2.45) is 5.92 Å². The molecule has 0 heterocycles. The standard InChI is InChI=1S/C12H25NO/c1-4-11-6-5-7-12(11)13-10(2)8-9-14-3/h10-13H,4-9H2,1-3H3. The highest BCUT2D eigenvalue weighted by Gasteiger charge is 2.26. The third-order valence-corrected chi connectivity index (χ3v) is 3.44. The van der Waals surface area contributed by atoms with E-state index in [1.54, 1.807) is 7.11 Å². The first-order valence-electron chi connectivity index (χ1n) is 6.03. The molecular weight excluding hydrogens is 174 g/mol. The predicted molar refractivity (Wildman–Crippen MR) is 60.5 cm³/mol. The highest BCUT2D eigenvalue weighted by Crippen LogP contribution is 2.28. The summed E-state index contributed by atoms with van der Waals surface area (Å²) in [6, 6.07) is 1.37. The number of rotatable bonds is 6. The quantitative estimate of drug-likeness (QED) is 0.710. The van der Waals surface area contributed by atoms with E-state index in [1.165, 1.54) is 25.7 Å². The predicted octanol–water partition coefficient (Wildman–Crippen LogP) is 2.58. The van der Waals surface area contributed by atoms with Gasteiger partial charge in [-0.05, 0) is 32.1 Å². The molecule has 1 N–H and O–H groups in total. The van der Waals surface area contributed by atoms with Crippen LogP contribution in [0.1, 0.15) is 46.0 Å². The second kappa shape index (κ2) is 6.41. The Morgan fingerprint density at radius 3 is 2.86 bits per heavy atom. The van der Waals surface area contributed by atoms with Crippen LogP contribution in [-0.4, -0.2) is 25.8 Å². The van der Waals surface area contributed by atoms with Crippen LogP contribution in [0.5, 0.6) is 0 Å². The topological polar surface area (TPSA) is 21.3 Å². The van der Waals surface area contributed by atoms with Gasteiger partial charge in [0.15, 0.2) is 0 Å². The first kappa shape index (κ1) is 12.0. The zero-order valence-corrected chi connectivity index (χ0v) is 9.88. The molecule has 0 aromatic carbocycles. The number of ether oxygens (including phenoxy) is 1. The largest absolute Gasteiger partial charge is 0.385 e. The maximum absolute atomic E-state index is 5.09. The fourth-order valence-electron chi connectivity index (χ4n) is 2.49. The Morgan fingerprint density at radius 2 is 2.21 bits per heavy atom. The molecule has 1 fully saturated rings. The summed E-state index contributed by atoms with van der Waals surface area (Å²) in [5.41, 5.74) is 0. The summed E-state index contributed by atoms with van der Waals surface area (Å²) in [6.45, 7) is 5.45. The van der Waals surface area contributed by atoms with E-state index in [4.69, 9.17) is 4.74 Å². The average molecular weight is 199 g/mol. The van der Waals surface area contributed by atoms with E-state index in [1.807, 2.05) is 0 Å². The van der Waals surface area contributed by atoms with Gasteiger partial charge in [-0.1, -0.05) is 19.8 Å². The minimum atomic E-state index is 0.604. The fraction of sp³-hybridized carbons (Fsp3) is 1.00. The molecule has 14 heavy (non-hydrogen) atoms. The average Bonchev–Trinajstić information content (AvgIpc) is 2.62. The lowest BCUT2D eigenvalue weighted by molar-refractivity contribution is 0.180. The van der Waals surface area contributed by atoms with Gasteiger partial charge in [-0.3, -0.25) is 0 Å². The number of hydrogen-bond donors (Lipinski definition) is 1. The van der Waals surface area contributed by atoms with Gasteiger partial charge in [0.2, 0.25) is 0 Å². The Balaban J connectivity index is 2.21. The van der Waals surface area contributed by atoms with Crippen LogP contribution in [0.4, 0.5) is 0 Å². The van der Waals surface area contributed by atoms with E-state index in [2.05, 4.69) is 19.2 Å². The summed E-state index contributed by atoms with van der Waals surface area (Å²) in [5, 5.41) is 3.73. The maximum Gasteiger partial charge on any atom is 0.0476 e. The second-order valence-corrected chi connectivity index (χ2v) is 4.55. The van der Waals surface area contributed by atoms with Crippen molar-refractivity contribution in [1.29, 1.82) is 0 Å². The minimum absolute atomic E-state index is 0.604. The monoisotopic (exact) mass is 199 g/mol. The molecule has 0 bridgehead atoms. The number of nitrogens with one attached hydrogen (secondary N) is 1. The molecule has 0 aromatic rings. The zero-order chi connectivity index (χ0) is 10.4. The van der Waals surface area contributed by atoms with Crippen LogP contribution < -0.4 is 5.32 Å². The summed E-state index contributed by atoms with van der Waals surface area (Å²) in [5.74, 6) is 0.917. The van der Waals surface area contributed by atoms with Crippen LogP contribution in [0, 0.1) is 5.92 Å². The van der Waals surface area contributed by atoms with Crippen LogP contribution in [-0.2, 0) is 4.74 Å². The lowest BCUT2D eigenvalue weighted by atomic mass is 10.00. The van der Waals surface area contributed by atoms with Gasteiger partial charge < -0.3 is 10.1 Å². The summed E-state index contributed by atoms with van der Waals surface area (Å²) in [6.07, 6.45) is 6.66. The maximum atomic E-state index is 5.09. The van der Waals surface area contributed by atoms with Gasteiger partial charge in [-0.25, -0.2) is 0 Å². The third kappa shape index (κ3) is 3.58. The molecule has 2 heteroatoms. The van der Waals surface area contributed by atoms with Crippen molar-refractivity contribution >= 4 is 0 Å². The van der Waals surface area contributed by atoms with Crippen LogP contribution >= 0.6 is 0 Å². The first-order valence-corrected chi connectivity index (χ1v) is 6.03. The van der Waals surface area contributed by atoms with Gasteiger partial charge in [0, 0.05) is 25.8 Å². The lowest BCUT2D eigenvalue weighted by Gasteiger charge is -2.24. The summed E-state index contributed by atoms with van der Waals surface area (Å²) in [7, 11) is 1.77. The van der Waals surface area contributed by atoms with Crippen molar-refractivity contribution in [2.75, 3.05) is 13.7 Å². The molecule has 0 spiro atoms. The van der Waals surface area contributed by atoms with Crippen molar-refractivity contribution in [3.8, 4) is 0 Å².